The maximum absolute atomic E-state index is 13.2. The Balaban J connectivity index is 2.13. The average Bonchev–Trinajstić information content (AvgIpc) is 2.81. The summed E-state index contributed by atoms with van der Waals surface area (Å²) in [7, 11) is 1.91. The molecule has 2 aromatic rings. The first-order valence-corrected chi connectivity index (χ1v) is 6.65. The molecule has 1 unspecified atom stereocenters. The van der Waals surface area contributed by atoms with Gasteiger partial charge in [0.15, 0.2) is 0 Å². The molecule has 0 saturated heterocycles. The molecule has 19 heavy (non-hydrogen) atoms. The molecule has 0 aliphatic carbocycles. The molecule has 0 radical (unpaired) electrons. The third-order valence-electron chi connectivity index (χ3n) is 3.10. The first-order valence-electron chi connectivity index (χ1n) is 6.65. The van der Waals surface area contributed by atoms with E-state index in [1.165, 1.54) is 6.07 Å². The van der Waals surface area contributed by atoms with E-state index in [1.54, 1.807) is 16.8 Å². The van der Waals surface area contributed by atoms with Crippen LogP contribution in [0, 0.1) is 5.82 Å². The Morgan fingerprint density at radius 3 is 2.89 bits per heavy atom. The highest BCUT2D eigenvalue weighted by atomic mass is 19.1. The van der Waals surface area contributed by atoms with Crippen molar-refractivity contribution < 1.29 is 4.39 Å². The van der Waals surface area contributed by atoms with Crippen LogP contribution in [0.2, 0.25) is 0 Å². The van der Waals surface area contributed by atoms with Crippen molar-refractivity contribution in [2.24, 2.45) is 7.05 Å². The lowest BCUT2D eigenvalue weighted by atomic mass is 10.0. The maximum Gasteiger partial charge on any atom is 0.123 e. The molecule has 0 saturated carbocycles. The summed E-state index contributed by atoms with van der Waals surface area (Å²) in [5.74, 6) is -0.182. The van der Waals surface area contributed by atoms with Crippen LogP contribution < -0.4 is 5.32 Å². The minimum absolute atomic E-state index is 0.176. The highest BCUT2D eigenvalue weighted by molar-refractivity contribution is 5.21. The molecule has 1 atom stereocenters. The van der Waals surface area contributed by atoms with E-state index in [4.69, 9.17) is 0 Å². The first kappa shape index (κ1) is 13.7. The molecule has 0 aliphatic heterocycles. The summed E-state index contributed by atoms with van der Waals surface area (Å²) in [4.78, 5) is 0. The first-order chi connectivity index (χ1) is 9.19. The zero-order chi connectivity index (χ0) is 13.7. The van der Waals surface area contributed by atoms with Crippen LogP contribution in [0.4, 0.5) is 4.39 Å². The molecule has 0 fully saturated rings. The summed E-state index contributed by atoms with van der Waals surface area (Å²) < 4.78 is 15.0. The molecule has 1 N–H and O–H groups in total. The van der Waals surface area contributed by atoms with Crippen molar-refractivity contribution in [2.45, 2.75) is 25.8 Å². The van der Waals surface area contributed by atoms with E-state index in [0.29, 0.717) is 0 Å². The molecule has 0 aliphatic rings. The standard InChI is InChI=1S/C15H20FN3/c1-3-7-17-15(13-10-18-19(2)11-13)9-12-5-4-6-14(16)8-12/h4-6,8,10-11,15,17H,3,7,9H2,1-2H3. The summed E-state index contributed by atoms with van der Waals surface area (Å²) in [5.41, 5.74) is 2.14. The number of aryl methyl sites for hydroxylation is 1. The van der Waals surface area contributed by atoms with Gasteiger partial charge in [0.05, 0.1) is 6.20 Å². The van der Waals surface area contributed by atoms with Gasteiger partial charge in [-0.25, -0.2) is 4.39 Å². The lowest BCUT2D eigenvalue weighted by molar-refractivity contribution is 0.527. The molecule has 4 heteroatoms. The molecule has 3 nitrogen and oxygen atoms in total. The second kappa shape index (κ2) is 6.48. The molecule has 102 valence electrons. The Morgan fingerprint density at radius 1 is 1.42 bits per heavy atom. The second-order valence-corrected chi connectivity index (χ2v) is 4.79. The Labute approximate surface area is 113 Å². The van der Waals surface area contributed by atoms with Crippen LogP contribution >= 0.6 is 0 Å². The number of halogens is 1. The Morgan fingerprint density at radius 2 is 2.26 bits per heavy atom. The van der Waals surface area contributed by atoms with Crippen LogP contribution in [0.5, 0.6) is 0 Å². The zero-order valence-electron chi connectivity index (χ0n) is 11.4. The summed E-state index contributed by atoms with van der Waals surface area (Å²) in [5, 5.41) is 7.70. The minimum Gasteiger partial charge on any atom is -0.310 e. The van der Waals surface area contributed by atoms with Gasteiger partial charge < -0.3 is 5.32 Å². The number of hydrogen-bond acceptors (Lipinski definition) is 2. The summed E-state index contributed by atoms with van der Waals surface area (Å²) >= 11 is 0. The van der Waals surface area contributed by atoms with Gasteiger partial charge in [0.1, 0.15) is 5.82 Å². The van der Waals surface area contributed by atoms with Crippen LogP contribution in [-0.2, 0) is 13.5 Å². The molecule has 1 aromatic carbocycles. The summed E-state index contributed by atoms with van der Waals surface area (Å²) in [6, 6.07) is 6.96. The maximum atomic E-state index is 13.2. The SMILES string of the molecule is CCCNC(Cc1cccc(F)c1)c1cnn(C)c1. The fourth-order valence-electron chi connectivity index (χ4n) is 2.15. The third-order valence-corrected chi connectivity index (χ3v) is 3.10. The van der Waals surface area contributed by atoms with E-state index >= 15 is 0 Å². The molecular weight excluding hydrogens is 241 g/mol. The molecule has 2 rings (SSSR count). The van der Waals surface area contributed by atoms with Crippen molar-refractivity contribution in [1.82, 2.24) is 15.1 Å². The highest BCUT2D eigenvalue weighted by Gasteiger charge is 2.13. The van der Waals surface area contributed by atoms with E-state index in [-0.39, 0.29) is 11.9 Å². The van der Waals surface area contributed by atoms with Crippen molar-refractivity contribution in [3.63, 3.8) is 0 Å². The topological polar surface area (TPSA) is 29.9 Å². The van der Waals surface area contributed by atoms with Crippen LogP contribution in [0.3, 0.4) is 0 Å². The fourth-order valence-corrected chi connectivity index (χ4v) is 2.15. The van der Waals surface area contributed by atoms with Crippen molar-refractivity contribution >= 4 is 0 Å². The van der Waals surface area contributed by atoms with Gasteiger partial charge in [-0.05, 0) is 37.1 Å². The van der Waals surface area contributed by atoms with E-state index in [9.17, 15) is 4.39 Å². The van der Waals surface area contributed by atoms with Gasteiger partial charge >= 0.3 is 0 Å². The van der Waals surface area contributed by atoms with Crippen LogP contribution in [-0.4, -0.2) is 16.3 Å². The van der Waals surface area contributed by atoms with Crippen molar-refractivity contribution in [1.29, 1.82) is 0 Å². The third kappa shape index (κ3) is 3.89. The Kier molecular flexibility index (Phi) is 4.68. The smallest absolute Gasteiger partial charge is 0.123 e. The predicted molar refractivity (Wildman–Crippen MR) is 74.3 cm³/mol. The average molecular weight is 261 g/mol. The summed E-state index contributed by atoms with van der Waals surface area (Å²) in [6.07, 6.45) is 5.71. The van der Waals surface area contributed by atoms with E-state index < -0.39 is 0 Å². The Bertz CT molecular complexity index is 522. The number of nitrogens with zero attached hydrogens (tertiary/aromatic N) is 2. The Hall–Kier alpha value is -1.68. The highest BCUT2D eigenvalue weighted by Crippen LogP contribution is 2.18. The lowest BCUT2D eigenvalue weighted by Crippen LogP contribution is -2.23. The fraction of sp³-hybridized carbons (Fsp3) is 0.400. The quantitative estimate of drug-likeness (QED) is 0.866. The molecular formula is C15H20FN3. The molecule has 1 aromatic heterocycles. The van der Waals surface area contributed by atoms with Gasteiger partial charge in [0, 0.05) is 24.8 Å². The van der Waals surface area contributed by atoms with E-state index in [0.717, 1.165) is 30.5 Å². The monoisotopic (exact) mass is 261 g/mol. The van der Waals surface area contributed by atoms with Crippen LogP contribution in [0.15, 0.2) is 36.7 Å². The van der Waals surface area contributed by atoms with Gasteiger partial charge in [0.25, 0.3) is 0 Å². The minimum atomic E-state index is -0.182. The van der Waals surface area contributed by atoms with Gasteiger partial charge in [-0.15, -0.1) is 0 Å². The normalized spacial score (nSPS) is 12.6. The zero-order valence-corrected chi connectivity index (χ0v) is 11.4. The van der Waals surface area contributed by atoms with Crippen LogP contribution in [0.1, 0.15) is 30.5 Å². The second-order valence-electron chi connectivity index (χ2n) is 4.79. The van der Waals surface area contributed by atoms with Gasteiger partial charge in [0.2, 0.25) is 0 Å². The van der Waals surface area contributed by atoms with Crippen molar-refractivity contribution in [2.75, 3.05) is 6.54 Å². The van der Waals surface area contributed by atoms with Gasteiger partial charge in [-0.1, -0.05) is 19.1 Å². The van der Waals surface area contributed by atoms with Gasteiger partial charge in [-0.3, -0.25) is 4.68 Å². The molecule has 1 heterocycles. The molecule has 0 amide bonds. The molecule has 0 bridgehead atoms. The number of aromatic nitrogens is 2. The van der Waals surface area contributed by atoms with Crippen LogP contribution in [0.25, 0.3) is 0 Å². The van der Waals surface area contributed by atoms with Crippen molar-refractivity contribution in [3.8, 4) is 0 Å². The number of nitrogens with one attached hydrogen (secondary N) is 1. The summed E-state index contributed by atoms with van der Waals surface area (Å²) in [6.45, 7) is 3.07. The van der Waals surface area contributed by atoms with Gasteiger partial charge in [-0.2, -0.15) is 5.10 Å². The largest absolute Gasteiger partial charge is 0.310 e. The number of benzene rings is 1. The number of rotatable bonds is 6. The predicted octanol–water partition coefficient (Wildman–Crippen LogP) is 2.84. The number of hydrogen-bond donors (Lipinski definition) is 1. The lowest BCUT2D eigenvalue weighted by Gasteiger charge is -2.17. The van der Waals surface area contributed by atoms with E-state index in [2.05, 4.69) is 17.3 Å². The van der Waals surface area contributed by atoms with Crippen molar-refractivity contribution in [3.05, 3.63) is 53.6 Å². The molecule has 0 spiro atoms. The van der Waals surface area contributed by atoms with E-state index in [1.807, 2.05) is 25.5 Å².